The number of hydrogen-bond acceptors (Lipinski definition) is 4. The Labute approximate surface area is 118 Å². The number of hydrogen-bond donors (Lipinski definition) is 2. The summed E-state index contributed by atoms with van der Waals surface area (Å²) in [5, 5.41) is 0. The molecule has 4 fully saturated rings. The van der Waals surface area contributed by atoms with Gasteiger partial charge >= 0.3 is 0 Å². The minimum absolute atomic E-state index is 0.371. The summed E-state index contributed by atoms with van der Waals surface area (Å²) in [6.45, 7) is 0. The second kappa shape index (κ2) is 4.01. The maximum Gasteiger partial charge on any atom is 0.224 e. The van der Waals surface area contributed by atoms with Crippen LogP contribution in [0.1, 0.15) is 44.3 Å². The van der Waals surface area contributed by atoms with E-state index in [4.69, 9.17) is 18.0 Å². The van der Waals surface area contributed by atoms with E-state index in [0.717, 1.165) is 30.0 Å². The summed E-state index contributed by atoms with van der Waals surface area (Å²) in [4.78, 5) is 11.4. The molecule has 0 unspecified atom stereocenters. The van der Waals surface area contributed by atoms with Crippen molar-refractivity contribution in [2.75, 3.05) is 5.73 Å². The molecule has 0 atom stereocenters. The quantitative estimate of drug-likeness (QED) is 0.815. The van der Waals surface area contributed by atoms with Gasteiger partial charge in [-0.1, -0.05) is 0 Å². The number of aromatic nitrogens is 3. The minimum Gasteiger partial charge on any atom is -0.369 e. The molecule has 5 heteroatoms. The van der Waals surface area contributed by atoms with Crippen molar-refractivity contribution in [3.05, 3.63) is 10.6 Å². The Bertz CT molecular complexity index is 530. The van der Waals surface area contributed by atoms with Crippen LogP contribution < -0.4 is 5.73 Å². The summed E-state index contributed by atoms with van der Waals surface area (Å²) in [6, 6.07) is 0. The van der Waals surface area contributed by atoms with Crippen LogP contribution in [-0.4, -0.2) is 15.0 Å². The average Bonchev–Trinajstić information content (AvgIpc) is 2.23. The molecule has 0 amide bonds. The third kappa shape index (κ3) is 2.08. The first-order chi connectivity index (χ1) is 9.10. The molecule has 4 aliphatic rings. The molecule has 4 bridgehead atoms. The molecular weight excluding hydrogens is 256 g/mol. The topological polar surface area (TPSA) is 67.6 Å². The third-order valence-electron chi connectivity index (χ3n) is 5.43. The fourth-order valence-corrected chi connectivity index (χ4v) is 5.60. The Balaban J connectivity index is 1.63. The zero-order chi connectivity index (χ0) is 13.0. The molecule has 0 saturated heterocycles. The lowest BCUT2D eigenvalue weighted by Gasteiger charge is -2.56. The van der Waals surface area contributed by atoms with Gasteiger partial charge in [0.15, 0.2) is 0 Å². The van der Waals surface area contributed by atoms with E-state index in [1.165, 1.54) is 38.5 Å². The highest BCUT2D eigenvalue weighted by atomic mass is 32.1. The van der Waals surface area contributed by atoms with Crippen molar-refractivity contribution in [2.24, 2.45) is 23.2 Å². The van der Waals surface area contributed by atoms with Crippen LogP contribution in [0.15, 0.2) is 0 Å². The summed E-state index contributed by atoms with van der Waals surface area (Å²) >= 11 is 5.07. The molecule has 1 aromatic heterocycles. The maximum absolute atomic E-state index is 5.75. The van der Waals surface area contributed by atoms with Crippen LogP contribution in [0.4, 0.5) is 5.95 Å². The molecule has 0 spiro atoms. The van der Waals surface area contributed by atoms with Crippen LogP contribution in [0.3, 0.4) is 0 Å². The van der Waals surface area contributed by atoms with Gasteiger partial charge in [-0.25, -0.2) is 4.98 Å². The van der Waals surface area contributed by atoms with Gasteiger partial charge in [0.05, 0.1) is 0 Å². The van der Waals surface area contributed by atoms with Gasteiger partial charge in [0.2, 0.25) is 10.7 Å². The van der Waals surface area contributed by atoms with Gasteiger partial charge < -0.3 is 10.7 Å². The first-order valence-corrected chi connectivity index (χ1v) is 7.74. The lowest BCUT2D eigenvalue weighted by atomic mass is 9.49. The smallest absolute Gasteiger partial charge is 0.224 e. The van der Waals surface area contributed by atoms with Crippen LogP contribution in [0, 0.1) is 27.9 Å². The van der Waals surface area contributed by atoms with Crippen LogP contribution >= 0.6 is 12.2 Å². The first-order valence-electron chi connectivity index (χ1n) is 7.33. The molecule has 4 saturated carbocycles. The summed E-state index contributed by atoms with van der Waals surface area (Å²) in [5.41, 5.74) is 6.22. The van der Waals surface area contributed by atoms with Crippen LogP contribution in [0.25, 0.3) is 0 Å². The second-order valence-electron chi connectivity index (χ2n) is 7.06. The number of aromatic amines is 1. The third-order valence-corrected chi connectivity index (χ3v) is 5.61. The standard InChI is InChI=1S/C14H20N4S/c15-12-16-11(17-13(19)18-12)7-14-4-8-1-9(5-14)3-10(2-8)6-14/h8-10H,1-7H2,(H3,15,16,17,18,19). The number of rotatable bonds is 2. The zero-order valence-electron chi connectivity index (χ0n) is 11.1. The Hall–Kier alpha value is -0.970. The molecule has 4 aliphatic carbocycles. The van der Waals surface area contributed by atoms with Gasteiger partial charge in [0.1, 0.15) is 5.82 Å². The predicted molar refractivity (Wildman–Crippen MR) is 75.9 cm³/mol. The van der Waals surface area contributed by atoms with E-state index in [1.807, 2.05) is 0 Å². The maximum atomic E-state index is 5.75. The molecule has 0 aliphatic heterocycles. The molecule has 0 radical (unpaired) electrons. The molecule has 1 aromatic rings. The minimum atomic E-state index is 0.371. The molecule has 5 rings (SSSR count). The van der Waals surface area contributed by atoms with E-state index in [0.29, 0.717) is 16.1 Å². The monoisotopic (exact) mass is 276 g/mol. The first kappa shape index (κ1) is 11.8. The van der Waals surface area contributed by atoms with Crippen molar-refractivity contribution in [1.82, 2.24) is 15.0 Å². The van der Waals surface area contributed by atoms with Gasteiger partial charge in [-0.2, -0.15) is 4.98 Å². The lowest BCUT2D eigenvalue weighted by molar-refractivity contribution is -0.0531. The molecule has 0 aromatic carbocycles. The van der Waals surface area contributed by atoms with Gasteiger partial charge in [-0.3, -0.25) is 0 Å². The molecule has 4 nitrogen and oxygen atoms in total. The van der Waals surface area contributed by atoms with Gasteiger partial charge in [-0.05, 0) is 73.9 Å². The van der Waals surface area contributed by atoms with Crippen molar-refractivity contribution in [3.8, 4) is 0 Å². The van der Waals surface area contributed by atoms with E-state index in [-0.39, 0.29) is 0 Å². The summed E-state index contributed by atoms with van der Waals surface area (Å²) in [7, 11) is 0. The van der Waals surface area contributed by atoms with Crippen molar-refractivity contribution in [3.63, 3.8) is 0 Å². The van der Waals surface area contributed by atoms with Crippen LogP contribution in [-0.2, 0) is 6.42 Å². The highest BCUT2D eigenvalue weighted by Crippen LogP contribution is 2.60. The number of nitrogen functional groups attached to an aromatic ring is 1. The molecule has 19 heavy (non-hydrogen) atoms. The number of nitrogens with one attached hydrogen (secondary N) is 1. The Morgan fingerprint density at radius 1 is 1.11 bits per heavy atom. The van der Waals surface area contributed by atoms with Crippen molar-refractivity contribution < 1.29 is 0 Å². The normalized spacial score (nSPS) is 39.7. The van der Waals surface area contributed by atoms with E-state index in [9.17, 15) is 0 Å². The zero-order valence-corrected chi connectivity index (χ0v) is 11.9. The number of nitrogens with two attached hydrogens (primary N) is 1. The fourth-order valence-electron chi connectivity index (χ4n) is 5.39. The highest BCUT2D eigenvalue weighted by Gasteiger charge is 2.50. The molecule has 1 heterocycles. The SMILES string of the molecule is Nc1nc(=S)nc(CC23CC4CC(CC(C4)C2)C3)[nH]1. The van der Waals surface area contributed by atoms with Gasteiger partial charge in [0, 0.05) is 6.42 Å². The van der Waals surface area contributed by atoms with E-state index in [2.05, 4.69) is 15.0 Å². The molecule has 3 N–H and O–H groups in total. The van der Waals surface area contributed by atoms with Gasteiger partial charge in [-0.15, -0.1) is 0 Å². The molecule has 102 valence electrons. The van der Waals surface area contributed by atoms with Crippen molar-refractivity contribution in [2.45, 2.75) is 44.9 Å². The summed E-state index contributed by atoms with van der Waals surface area (Å²) in [6.07, 6.45) is 9.56. The van der Waals surface area contributed by atoms with E-state index in [1.54, 1.807) is 0 Å². The van der Waals surface area contributed by atoms with Crippen molar-refractivity contribution in [1.29, 1.82) is 0 Å². The molecular formula is C14H20N4S. The fraction of sp³-hybridized carbons (Fsp3) is 0.786. The highest BCUT2D eigenvalue weighted by molar-refractivity contribution is 7.71. The largest absolute Gasteiger partial charge is 0.369 e. The van der Waals surface area contributed by atoms with E-state index < -0.39 is 0 Å². The van der Waals surface area contributed by atoms with Crippen LogP contribution in [0.5, 0.6) is 0 Å². The number of nitrogens with zero attached hydrogens (tertiary/aromatic N) is 2. The Kier molecular flexibility index (Phi) is 2.50. The lowest BCUT2D eigenvalue weighted by Crippen LogP contribution is -2.47. The Morgan fingerprint density at radius 2 is 1.68 bits per heavy atom. The van der Waals surface area contributed by atoms with Gasteiger partial charge in [0.25, 0.3) is 0 Å². The number of H-pyrrole nitrogens is 1. The van der Waals surface area contributed by atoms with Crippen LogP contribution in [0.2, 0.25) is 0 Å². The number of anilines is 1. The Morgan fingerprint density at radius 3 is 2.21 bits per heavy atom. The van der Waals surface area contributed by atoms with Crippen molar-refractivity contribution >= 4 is 18.2 Å². The summed E-state index contributed by atoms with van der Waals surface area (Å²) in [5.74, 6) is 4.24. The average molecular weight is 276 g/mol. The second-order valence-corrected chi connectivity index (χ2v) is 7.42. The van der Waals surface area contributed by atoms with E-state index >= 15 is 0 Å². The predicted octanol–water partition coefficient (Wildman–Crippen LogP) is 2.88. The summed E-state index contributed by atoms with van der Waals surface area (Å²) < 4.78 is 0.371.